The number of anilines is 1. The van der Waals surface area contributed by atoms with Crippen LogP contribution in [-0.2, 0) is 4.84 Å². The van der Waals surface area contributed by atoms with Crippen LogP contribution in [0.1, 0.15) is 13.3 Å². The van der Waals surface area contributed by atoms with Crippen molar-refractivity contribution in [1.82, 2.24) is 5.32 Å². The van der Waals surface area contributed by atoms with E-state index in [0.717, 1.165) is 12.1 Å². The second-order valence-corrected chi connectivity index (χ2v) is 4.10. The highest BCUT2D eigenvalue weighted by Gasteiger charge is 2.18. The molecular weight excluding hydrogens is 237 g/mol. The summed E-state index contributed by atoms with van der Waals surface area (Å²) >= 11 is 0. The normalized spacial score (nSPS) is 17.9. The highest BCUT2D eigenvalue weighted by atomic mass is 19.1. The highest BCUT2D eigenvalue weighted by molar-refractivity contribution is 5.89. The maximum absolute atomic E-state index is 12.7. The third kappa shape index (κ3) is 3.44. The van der Waals surface area contributed by atoms with Crippen molar-refractivity contribution in [3.8, 4) is 0 Å². The van der Waals surface area contributed by atoms with Gasteiger partial charge in [0.05, 0.1) is 12.3 Å². The van der Waals surface area contributed by atoms with Gasteiger partial charge in [0.15, 0.2) is 0 Å². The SMILES string of the molecule is CC1=NO[C@H](CNC(=O)Nc2ccc(F)cc2)C1. The number of oxime groups is 1. The third-order valence-electron chi connectivity index (χ3n) is 2.47. The molecule has 0 aromatic heterocycles. The number of hydrogen-bond donors (Lipinski definition) is 2. The summed E-state index contributed by atoms with van der Waals surface area (Å²) in [5, 5.41) is 9.05. The second-order valence-electron chi connectivity index (χ2n) is 4.10. The molecule has 0 saturated heterocycles. The summed E-state index contributed by atoms with van der Waals surface area (Å²) in [6.45, 7) is 2.26. The minimum atomic E-state index is -0.352. The Morgan fingerprint density at radius 3 is 2.83 bits per heavy atom. The van der Waals surface area contributed by atoms with Gasteiger partial charge in [-0.05, 0) is 31.2 Å². The monoisotopic (exact) mass is 251 g/mol. The lowest BCUT2D eigenvalue weighted by Gasteiger charge is -2.10. The van der Waals surface area contributed by atoms with Crippen LogP contribution in [0.5, 0.6) is 0 Å². The standard InChI is InChI=1S/C12H14FN3O2/c1-8-6-11(18-16-8)7-14-12(17)15-10-4-2-9(13)3-5-10/h2-5,11H,6-7H2,1H3,(H2,14,15,17)/t11-/m0/s1. The van der Waals surface area contributed by atoms with Crippen LogP contribution in [0.25, 0.3) is 0 Å². The maximum atomic E-state index is 12.7. The van der Waals surface area contributed by atoms with E-state index < -0.39 is 0 Å². The number of carbonyl (C=O) groups is 1. The molecule has 0 aliphatic carbocycles. The van der Waals surface area contributed by atoms with Crippen LogP contribution in [0.3, 0.4) is 0 Å². The van der Waals surface area contributed by atoms with Gasteiger partial charge in [-0.25, -0.2) is 9.18 Å². The molecule has 2 rings (SSSR count). The first-order chi connectivity index (χ1) is 8.63. The molecule has 0 spiro atoms. The largest absolute Gasteiger partial charge is 0.390 e. The Hall–Kier alpha value is -2.11. The smallest absolute Gasteiger partial charge is 0.319 e. The van der Waals surface area contributed by atoms with Crippen LogP contribution >= 0.6 is 0 Å². The van der Waals surface area contributed by atoms with E-state index in [9.17, 15) is 9.18 Å². The molecule has 0 unspecified atom stereocenters. The van der Waals surface area contributed by atoms with Gasteiger partial charge in [0.25, 0.3) is 0 Å². The zero-order valence-electron chi connectivity index (χ0n) is 9.94. The minimum absolute atomic E-state index is 0.107. The predicted octanol–water partition coefficient (Wildman–Crippen LogP) is 2.11. The fraction of sp³-hybridized carbons (Fsp3) is 0.333. The molecule has 1 aliphatic rings. The summed E-state index contributed by atoms with van der Waals surface area (Å²) in [6.07, 6.45) is 0.612. The first-order valence-corrected chi connectivity index (χ1v) is 5.63. The Labute approximate surface area is 104 Å². The fourth-order valence-electron chi connectivity index (χ4n) is 1.59. The van der Waals surface area contributed by atoms with Gasteiger partial charge in [-0.3, -0.25) is 0 Å². The number of carbonyl (C=O) groups excluding carboxylic acids is 1. The number of nitrogens with one attached hydrogen (secondary N) is 2. The summed E-state index contributed by atoms with van der Waals surface area (Å²) < 4.78 is 12.7. The fourth-order valence-corrected chi connectivity index (χ4v) is 1.59. The molecule has 1 aromatic carbocycles. The van der Waals surface area contributed by atoms with Gasteiger partial charge < -0.3 is 15.5 Å². The zero-order valence-corrected chi connectivity index (χ0v) is 9.94. The second kappa shape index (κ2) is 5.48. The lowest BCUT2D eigenvalue weighted by molar-refractivity contribution is 0.0870. The van der Waals surface area contributed by atoms with Crippen molar-refractivity contribution in [2.24, 2.45) is 5.16 Å². The zero-order chi connectivity index (χ0) is 13.0. The molecule has 1 aromatic rings. The van der Waals surface area contributed by atoms with E-state index in [1.807, 2.05) is 6.92 Å². The topological polar surface area (TPSA) is 62.7 Å². The van der Waals surface area contributed by atoms with Crippen LogP contribution in [0, 0.1) is 5.82 Å². The van der Waals surface area contributed by atoms with Gasteiger partial charge in [-0.2, -0.15) is 0 Å². The van der Waals surface area contributed by atoms with Crippen LogP contribution in [0.15, 0.2) is 29.4 Å². The number of hydrogen-bond acceptors (Lipinski definition) is 3. The quantitative estimate of drug-likeness (QED) is 0.864. The molecule has 6 heteroatoms. The molecule has 2 amide bonds. The Morgan fingerprint density at radius 2 is 2.22 bits per heavy atom. The molecular formula is C12H14FN3O2. The lowest BCUT2D eigenvalue weighted by atomic mass is 10.2. The molecule has 0 bridgehead atoms. The van der Waals surface area contributed by atoms with Crippen molar-refractivity contribution < 1.29 is 14.0 Å². The van der Waals surface area contributed by atoms with E-state index >= 15 is 0 Å². The first kappa shape index (κ1) is 12.3. The number of benzene rings is 1. The summed E-state index contributed by atoms with van der Waals surface area (Å²) in [6, 6.07) is 5.21. The summed E-state index contributed by atoms with van der Waals surface area (Å²) in [5.41, 5.74) is 1.45. The van der Waals surface area contributed by atoms with Crippen LogP contribution in [0.2, 0.25) is 0 Å². The molecule has 96 valence electrons. The molecule has 1 aliphatic heterocycles. The highest BCUT2D eigenvalue weighted by Crippen LogP contribution is 2.10. The van der Waals surface area contributed by atoms with E-state index in [2.05, 4.69) is 15.8 Å². The van der Waals surface area contributed by atoms with Crippen molar-refractivity contribution >= 4 is 17.4 Å². The average molecular weight is 251 g/mol. The molecule has 5 nitrogen and oxygen atoms in total. The number of halogens is 1. The molecule has 0 saturated carbocycles. The van der Waals surface area contributed by atoms with Crippen molar-refractivity contribution in [2.75, 3.05) is 11.9 Å². The summed E-state index contributed by atoms with van der Waals surface area (Å²) in [4.78, 5) is 16.6. The number of urea groups is 1. The van der Waals surface area contributed by atoms with E-state index in [0.29, 0.717) is 12.2 Å². The molecule has 18 heavy (non-hydrogen) atoms. The predicted molar refractivity (Wildman–Crippen MR) is 66.0 cm³/mol. The summed E-state index contributed by atoms with van der Waals surface area (Å²) in [7, 11) is 0. The van der Waals surface area contributed by atoms with Gasteiger partial charge in [-0.15, -0.1) is 0 Å². The first-order valence-electron chi connectivity index (χ1n) is 5.63. The molecule has 1 atom stereocenters. The van der Waals surface area contributed by atoms with Crippen LogP contribution in [0.4, 0.5) is 14.9 Å². The van der Waals surface area contributed by atoms with E-state index in [-0.39, 0.29) is 18.0 Å². The number of nitrogens with zero attached hydrogens (tertiary/aromatic N) is 1. The Morgan fingerprint density at radius 1 is 1.50 bits per heavy atom. The number of amides is 2. The molecule has 0 radical (unpaired) electrons. The lowest BCUT2D eigenvalue weighted by Crippen LogP contribution is -2.35. The van der Waals surface area contributed by atoms with Crippen LogP contribution in [-0.4, -0.2) is 24.4 Å². The van der Waals surface area contributed by atoms with Crippen molar-refractivity contribution in [1.29, 1.82) is 0 Å². The van der Waals surface area contributed by atoms with Crippen molar-refractivity contribution in [3.05, 3.63) is 30.1 Å². The Kier molecular flexibility index (Phi) is 3.76. The molecule has 0 fully saturated rings. The van der Waals surface area contributed by atoms with Crippen LogP contribution < -0.4 is 10.6 Å². The summed E-state index contributed by atoms with van der Waals surface area (Å²) in [5.74, 6) is -0.340. The third-order valence-corrected chi connectivity index (χ3v) is 2.47. The van der Waals surface area contributed by atoms with Gasteiger partial charge >= 0.3 is 6.03 Å². The number of rotatable bonds is 3. The Bertz CT molecular complexity index is 459. The van der Waals surface area contributed by atoms with E-state index in [1.54, 1.807) is 0 Å². The van der Waals surface area contributed by atoms with Gasteiger partial charge in [0, 0.05) is 12.1 Å². The van der Waals surface area contributed by atoms with Gasteiger partial charge in [0.1, 0.15) is 11.9 Å². The average Bonchev–Trinajstić information content (AvgIpc) is 2.76. The van der Waals surface area contributed by atoms with Crippen molar-refractivity contribution in [2.45, 2.75) is 19.4 Å². The Balaban J connectivity index is 1.74. The molecule has 1 heterocycles. The van der Waals surface area contributed by atoms with Gasteiger partial charge in [0.2, 0.25) is 0 Å². The molecule has 2 N–H and O–H groups in total. The van der Waals surface area contributed by atoms with E-state index in [1.165, 1.54) is 24.3 Å². The minimum Gasteiger partial charge on any atom is -0.390 e. The van der Waals surface area contributed by atoms with E-state index in [4.69, 9.17) is 4.84 Å². The van der Waals surface area contributed by atoms with Crippen molar-refractivity contribution in [3.63, 3.8) is 0 Å². The maximum Gasteiger partial charge on any atom is 0.319 e. The van der Waals surface area contributed by atoms with Gasteiger partial charge in [-0.1, -0.05) is 5.16 Å².